The van der Waals surface area contributed by atoms with E-state index in [1.165, 1.54) is 128 Å². The molecule has 10 heteroatoms. The quantitative estimate of drug-likeness (QED) is 0.0554. The highest BCUT2D eigenvalue weighted by atomic mass is 32.3. The lowest BCUT2D eigenvalue weighted by Gasteiger charge is -2.41. The van der Waals surface area contributed by atoms with Crippen LogP contribution in [0.15, 0.2) is 69.3 Å². The molecule has 0 atom stereocenters. The van der Waals surface area contributed by atoms with E-state index in [4.69, 9.17) is 32.6 Å². The molecule has 1 N–H and O–H groups in total. The van der Waals surface area contributed by atoms with Gasteiger partial charge in [0.05, 0.1) is 39.6 Å². The summed E-state index contributed by atoms with van der Waals surface area (Å²) in [5, 5.41) is 11.4. The Bertz CT molecular complexity index is 1700. The fraction of sp³-hybridized carbons (Fsp3) is 0.716. The average molecular weight is 1090 g/mol. The molecular weight excluding hydrogens is 981 g/mol. The third-order valence-corrected chi connectivity index (χ3v) is 17.7. The minimum absolute atomic E-state index is 0.433. The van der Waals surface area contributed by atoms with Crippen LogP contribution in [0.5, 0.6) is 34.5 Å². The highest BCUT2D eigenvalue weighted by Crippen LogP contribution is 2.77. The second-order valence-electron chi connectivity index (χ2n) is 21.4. The molecule has 0 aliphatic rings. The molecule has 0 unspecified atom stereocenters. The smallest absolute Gasteiger partial charge is 0.493 e. The third kappa shape index (κ3) is 27.7. The molecule has 9 nitrogen and oxygen atoms in total. The maximum atomic E-state index is 14.0. The monoisotopic (exact) mass is 1090 g/mol. The highest BCUT2D eigenvalue weighted by Gasteiger charge is 2.46. The van der Waals surface area contributed by atoms with E-state index in [0.29, 0.717) is 88.8 Å². The first-order valence-corrected chi connectivity index (χ1v) is 33.4. The van der Waals surface area contributed by atoms with Crippen molar-refractivity contribution in [2.75, 3.05) is 39.6 Å². The van der Waals surface area contributed by atoms with Gasteiger partial charge in [-0.25, -0.2) is 4.79 Å². The van der Waals surface area contributed by atoms with Gasteiger partial charge in [0.1, 0.15) is 44.3 Å². The number of benzene rings is 3. The van der Waals surface area contributed by atoms with Crippen LogP contribution in [-0.4, -0.2) is 50.9 Å². The van der Waals surface area contributed by atoms with Crippen LogP contribution < -0.4 is 28.4 Å². The first-order valence-electron chi connectivity index (χ1n) is 31.8. The van der Waals surface area contributed by atoms with Crippen LogP contribution in [0.1, 0.15) is 273 Å². The summed E-state index contributed by atoms with van der Waals surface area (Å²) in [6.45, 7) is 16.3. The molecule has 3 aromatic rings. The summed E-state index contributed by atoms with van der Waals surface area (Å²) in [7, 11) is -3.39. The first-order chi connectivity index (χ1) is 37.9. The Kier molecular flexibility index (Phi) is 39.3. The van der Waals surface area contributed by atoms with Gasteiger partial charge in [0.25, 0.3) is 0 Å². The van der Waals surface area contributed by atoms with Gasteiger partial charge in [-0.2, -0.15) is 0 Å². The molecule has 0 saturated carbocycles. The molecule has 3 rings (SSSR count). The van der Waals surface area contributed by atoms with Crippen molar-refractivity contribution in [3.63, 3.8) is 0 Å². The van der Waals surface area contributed by atoms with Gasteiger partial charge < -0.3 is 37.7 Å². The number of hydrogen-bond donors (Lipinski definition) is 1. The molecular formula is C67H112O9S. The molecule has 0 spiro atoms. The fourth-order valence-electron chi connectivity index (χ4n) is 9.86. The van der Waals surface area contributed by atoms with E-state index in [-0.39, 0.29) is 0 Å². The molecule has 0 fully saturated rings. The molecule has 0 aliphatic carbocycles. The molecule has 0 saturated heterocycles. The zero-order valence-electron chi connectivity index (χ0n) is 50.0. The molecule has 440 valence electrons. The van der Waals surface area contributed by atoms with Crippen LogP contribution in [0.3, 0.4) is 0 Å². The number of unbranched alkanes of at least 4 members (excludes halogenated alkanes) is 30. The predicted molar refractivity (Wildman–Crippen MR) is 324 cm³/mol. The molecule has 0 aliphatic heterocycles. The van der Waals surface area contributed by atoms with Crippen LogP contribution in [0, 0.1) is 0 Å². The van der Waals surface area contributed by atoms with Crippen molar-refractivity contribution in [2.45, 2.75) is 287 Å². The summed E-state index contributed by atoms with van der Waals surface area (Å²) in [4.78, 5) is 15.7. The first kappa shape index (κ1) is 67.4. The predicted octanol–water partition coefficient (Wildman–Crippen LogP) is 22.0. The lowest BCUT2D eigenvalue weighted by molar-refractivity contribution is 0.149. The second-order valence-corrected chi connectivity index (χ2v) is 24.0. The van der Waals surface area contributed by atoms with Gasteiger partial charge in [0.15, 0.2) is 0 Å². The van der Waals surface area contributed by atoms with E-state index in [9.17, 15) is 9.90 Å². The third-order valence-electron chi connectivity index (χ3n) is 14.4. The van der Waals surface area contributed by atoms with Gasteiger partial charge in [-0.1, -0.05) is 252 Å². The van der Waals surface area contributed by atoms with E-state index < -0.39 is 16.5 Å². The maximum Gasteiger partial charge on any atom is 0.517 e. The Morgan fingerprint density at radius 2 is 0.571 bits per heavy atom. The van der Waals surface area contributed by atoms with Crippen LogP contribution in [0.25, 0.3) is 0 Å². The van der Waals surface area contributed by atoms with Crippen molar-refractivity contribution in [3.05, 3.63) is 54.6 Å². The number of hydrogen-bond acceptors (Lipinski definition) is 8. The normalized spacial score (nSPS) is 11.7. The lowest BCUT2D eigenvalue weighted by Crippen LogP contribution is -2.18. The Labute approximate surface area is 472 Å². The summed E-state index contributed by atoms with van der Waals surface area (Å²) in [5.41, 5.74) is 0. The lowest BCUT2D eigenvalue weighted by atomic mass is 10.1. The molecule has 0 amide bonds. The summed E-state index contributed by atoms with van der Waals surface area (Å²) in [6.07, 6.45) is 38.7. The van der Waals surface area contributed by atoms with Gasteiger partial charge in [0.2, 0.25) is 0 Å². The zero-order valence-corrected chi connectivity index (χ0v) is 50.8. The number of ether oxygens (including phenoxy) is 6. The Balaban J connectivity index is 2.45. The van der Waals surface area contributed by atoms with E-state index in [2.05, 4.69) is 41.5 Å². The number of carboxylic acid groups (broad SMARTS) is 1. The second kappa shape index (κ2) is 44.9. The molecule has 3 aromatic carbocycles. The van der Waals surface area contributed by atoms with Crippen molar-refractivity contribution in [3.8, 4) is 34.5 Å². The Hall–Kier alpha value is -3.92. The summed E-state index contributed by atoms with van der Waals surface area (Å²) in [5.74, 6) is 3.22. The van der Waals surface area contributed by atoms with Crippen molar-refractivity contribution >= 4 is 16.5 Å². The average Bonchev–Trinajstić information content (AvgIpc) is 3.45. The summed E-state index contributed by atoms with van der Waals surface area (Å²) >= 11 is 0. The topological polar surface area (TPSA) is 102 Å². The maximum absolute atomic E-state index is 14.0. The minimum atomic E-state index is -3.39. The molecule has 0 aromatic heterocycles. The molecule has 0 radical (unpaired) electrons. The van der Waals surface area contributed by atoms with E-state index >= 15 is 0 Å². The van der Waals surface area contributed by atoms with Crippen molar-refractivity contribution in [2.24, 2.45) is 0 Å². The van der Waals surface area contributed by atoms with Gasteiger partial charge in [-0.15, -0.1) is 0 Å². The largest absolute Gasteiger partial charge is 0.517 e. The molecule has 77 heavy (non-hydrogen) atoms. The van der Waals surface area contributed by atoms with Gasteiger partial charge in [0, 0.05) is 39.5 Å². The van der Waals surface area contributed by atoms with Crippen LogP contribution >= 0.6 is 10.3 Å². The van der Waals surface area contributed by atoms with Gasteiger partial charge in [-0.3, -0.25) is 0 Å². The highest BCUT2D eigenvalue weighted by molar-refractivity contribution is 8.30. The van der Waals surface area contributed by atoms with E-state index in [1.807, 2.05) is 54.6 Å². The van der Waals surface area contributed by atoms with Crippen molar-refractivity contribution in [1.29, 1.82) is 0 Å². The van der Waals surface area contributed by atoms with Gasteiger partial charge >= 0.3 is 6.16 Å². The SMILES string of the molecule is CCCCCCCCOc1cc(OCCCCCCCC)c(S(OC(=O)O)(c2ccccc2)c2c(OCCCCCCCC)cc(OCCCCCCCC)cc2OCCCCCCCC)c(OCCCCCCCC)c1. The van der Waals surface area contributed by atoms with E-state index in [0.717, 1.165) is 103 Å². The van der Waals surface area contributed by atoms with E-state index in [1.54, 1.807) is 0 Å². The fourth-order valence-corrected chi connectivity index (χ4v) is 13.2. The Morgan fingerprint density at radius 1 is 0.338 bits per heavy atom. The number of carbonyl (C=O) groups is 1. The van der Waals surface area contributed by atoms with Crippen LogP contribution in [-0.2, 0) is 4.18 Å². The Morgan fingerprint density at radius 3 is 0.818 bits per heavy atom. The minimum Gasteiger partial charge on any atom is -0.493 e. The van der Waals surface area contributed by atoms with Crippen LogP contribution in [0.4, 0.5) is 4.79 Å². The summed E-state index contributed by atoms with van der Waals surface area (Å²) in [6, 6.07) is 17.7. The number of rotatable bonds is 52. The molecule has 0 bridgehead atoms. The van der Waals surface area contributed by atoms with Gasteiger partial charge in [-0.05, 0) is 50.7 Å². The molecule has 0 heterocycles. The van der Waals surface area contributed by atoms with Crippen LogP contribution in [0.2, 0.25) is 0 Å². The standard InChI is InChI=1S/C67H112O9S/c1-7-13-19-25-31-40-48-70-58-54-61(72-50-42-33-27-21-15-9-3)65(62(55-58)73-51-43-34-28-22-16-10-4)77(76-67(68)69,60-46-38-37-39-47-60)66-63(74-52-44-35-29-23-17-11-5)56-59(71-49-41-32-26-20-14-8-2)57-64(66)75-53-45-36-30-24-18-12-6/h37-39,46-47,54-57H,7-36,40-45,48-53H2,1-6H3,(H,68,69). The van der Waals surface area contributed by atoms with Crippen molar-refractivity contribution in [1.82, 2.24) is 0 Å². The zero-order chi connectivity index (χ0) is 55.3. The summed E-state index contributed by atoms with van der Waals surface area (Å²) < 4.78 is 48.4. The van der Waals surface area contributed by atoms with Crippen molar-refractivity contribution < 1.29 is 42.5 Å².